The lowest BCUT2D eigenvalue weighted by atomic mass is 10.2. The molecule has 2 amide bonds. The van der Waals surface area contributed by atoms with Crippen LogP contribution >= 0.6 is 0 Å². The molecule has 0 saturated heterocycles. The van der Waals surface area contributed by atoms with Crippen molar-refractivity contribution in [3.63, 3.8) is 0 Å². The first-order valence-electron chi connectivity index (χ1n) is 3.76. The lowest BCUT2D eigenvalue weighted by Gasteiger charge is -2.12. The zero-order chi connectivity index (χ0) is 11.0. The Morgan fingerprint density at radius 2 is 2.00 bits per heavy atom. The molecule has 74 valence electrons. The molecule has 0 aliphatic rings. The number of carboxylic acid groups (broad SMARTS) is 1. The summed E-state index contributed by atoms with van der Waals surface area (Å²) in [5.74, 6) is 3.86. The van der Waals surface area contributed by atoms with Gasteiger partial charge in [-0.05, 0) is 0 Å². The predicted molar refractivity (Wildman–Crippen MR) is 50.2 cm³/mol. The van der Waals surface area contributed by atoms with Crippen LogP contribution in [0.2, 0.25) is 0 Å². The molecule has 0 aromatic carbocycles. The van der Waals surface area contributed by atoms with Gasteiger partial charge in [0.1, 0.15) is 6.04 Å². The molecular formula is C9H10N2O3. The van der Waals surface area contributed by atoms with Crippen molar-refractivity contribution in [2.75, 3.05) is 6.54 Å². The molecule has 0 fully saturated rings. The van der Waals surface area contributed by atoms with Crippen molar-refractivity contribution in [3.05, 3.63) is 0 Å². The summed E-state index contributed by atoms with van der Waals surface area (Å²) in [5, 5.41) is 12.7. The summed E-state index contributed by atoms with van der Waals surface area (Å²) in [7, 11) is 0. The number of nitrogens with one attached hydrogen (secondary N) is 2. The van der Waals surface area contributed by atoms with E-state index in [4.69, 9.17) is 18.0 Å². The number of terminal acetylenes is 2. The van der Waals surface area contributed by atoms with Crippen LogP contribution in [0.1, 0.15) is 6.42 Å². The Balaban J connectivity index is 4.20. The standard InChI is InChI=1S/C9H10N2O3/c1-3-5-7(11-9(13)14)8(12)10-6-4-2/h1-2,7,11H,5-6H2,(H,10,12)(H,13,14)/t7-/m1/s1. The third-order valence-corrected chi connectivity index (χ3v) is 1.30. The summed E-state index contributed by atoms with van der Waals surface area (Å²) in [6.07, 6.45) is 8.56. The first kappa shape index (κ1) is 11.9. The highest BCUT2D eigenvalue weighted by atomic mass is 16.4. The Morgan fingerprint density at radius 1 is 1.36 bits per heavy atom. The second-order valence-corrected chi connectivity index (χ2v) is 2.33. The van der Waals surface area contributed by atoms with Crippen molar-refractivity contribution >= 4 is 12.0 Å². The second kappa shape index (κ2) is 6.38. The van der Waals surface area contributed by atoms with E-state index in [-0.39, 0.29) is 13.0 Å². The lowest BCUT2D eigenvalue weighted by Crippen LogP contribution is -2.46. The molecule has 14 heavy (non-hydrogen) atoms. The summed E-state index contributed by atoms with van der Waals surface area (Å²) in [4.78, 5) is 21.5. The van der Waals surface area contributed by atoms with Crippen molar-refractivity contribution in [3.8, 4) is 24.7 Å². The SMILES string of the molecule is C#CCNC(=O)[C@@H](CC#C)NC(=O)O. The van der Waals surface area contributed by atoms with Gasteiger partial charge in [0.2, 0.25) is 5.91 Å². The molecule has 0 aromatic heterocycles. The maximum atomic E-state index is 11.2. The highest BCUT2D eigenvalue weighted by Gasteiger charge is 2.18. The molecule has 0 spiro atoms. The predicted octanol–water partition coefficient (Wildman–Crippen LogP) is -0.605. The third kappa shape index (κ3) is 4.68. The molecule has 0 aliphatic heterocycles. The fourth-order valence-corrected chi connectivity index (χ4v) is 0.738. The van der Waals surface area contributed by atoms with Crippen LogP contribution in [0, 0.1) is 24.7 Å². The lowest BCUT2D eigenvalue weighted by molar-refractivity contribution is -0.122. The number of rotatable bonds is 4. The summed E-state index contributed by atoms with van der Waals surface area (Å²) in [5.41, 5.74) is 0. The van der Waals surface area contributed by atoms with E-state index < -0.39 is 18.0 Å². The Labute approximate surface area is 81.9 Å². The normalized spacial score (nSPS) is 10.4. The van der Waals surface area contributed by atoms with Crippen molar-refractivity contribution in [1.82, 2.24) is 10.6 Å². The van der Waals surface area contributed by atoms with Crippen LogP contribution in [0.25, 0.3) is 0 Å². The Hall–Kier alpha value is -2.14. The number of carbonyl (C=O) groups excluding carboxylic acids is 1. The largest absolute Gasteiger partial charge is 0.465 e. The van der Waals surface area contributed by atoms with E-state index in [1.807, 2.05) is 5.32 Å². The van der Waals surface area contributed by atoms with Gasteiger partial charge in [-0.1, -0.05) is 5.92 Å². The number of hydrogen-bond donors (Lipinski definition) is 3. The van der Waals surface area contributed by atoms with Gasteiger partial charge in [0, 0.05) is 6.42 Å². The van der Waals surface area contributed by atoms with Gasteiger partial charge in [0.05, 0.1) is 6.54 Å². The minimum atomic E-state index is -1.30. The molecule has 1 atom stereocenters. The first-order valence-corrected chi connectivity index (χ1v) is 3.76. The molecule has 0 radical (unpaired) electrons. The van der Waals surface area contributed by atoms with E-state index in [2.05, 4.69) is 17.2 Å². The average Bonchev–Trinajstić information content (AvgIpc) is 2.13. The topological polar surface area (TPSA) is 78.4 Å². The summed E-state index contributed by atoms with van der Waals surface area (Å²) in [6, 6.07) is -0.953. The van der Waals surface area contributed by atoms with E-state index in [1.54, 1.807) is 0 Å². The van der Waals surface area contributed by atoms with Crippen LogP contribution in [0.3, 0.4) is 0 Å². The smallest absolute Gasteiger partial charge is 0.405 e. The maximum Gasteiger partial charge on any atom is 0.405 e. The quantitative estimate of drug-likeness (QED) is 0.523. The maximum absolute atomic E-state index is 11.2. The monoisotopic (exact) mass is 194 g/mol. The number of amides is 2. The minimum Gasteiger partial charge on any atom is -0.465 e. The van der Waals surface area contributed by atoms with E-state index >= 15 is 0 Å². The molecule has 0 rings (SSSR count). The molecule has 0 unspecified atom stereocenters. The van der Waals surface area contributed by atoms with Crippen LogP contribution in [0.15, 0.2) is 0 Å². The van der Waals surface area contributed by atoms with E-state index in [9.17, 15) is 9.59 Å². The van der Waals surface area contributed by atoms with Crippen LogP contribution in [0.4, 0.5) is 4.79 Å². The second-order valence-electron chi connectivity index (χ2n) is 2.33. The first-order chi connectivity index (χ1) is 6.61. The van der Waals surface area contributed by atoms with Gasteiger partial charge >= 0.3 is 6.09 Å². The molecule has 5 heteroatoms. The van der Waals surface area contributed by atoms with E-state index in [0.29, 0.717) is 0 Å². The van der Waals surface area contributed by atoms with Crippen LogP contribution < -0.4 is 10.6 Å². The summed E-state index contributed by atoms with van der Waals surface area (Å²) >= 11 is 0. The van der Waals surface area contributed by atoms with Gasteiger partial charge in [-0.2, -0.15) is 0 Å². The molecule has 0 aliphatic carbocycles. The van der Waals surface area contributed by atoms with Crippen LogP contribution in [-0.4, -0.2) is 29.7 Å². The van der Waals surface area contributed by atoms with Gasteiger partial charge in [-0.15, -0.1) is 18.8 Å². The molecule has 3 N–H and O–H groups in total. The fraction of sp³-hybridized carbons (Fsp3) is 0.333. The Morgan fingerprint density at radius 3 is 2.43 bits per heavy atom. The Bertz CT molecular complexity index is 298. The van der Waals surface area contributed by atoms with Crippen molar-refractivity contribution < 1.29 is 14.7 Å². The van der Waals surface area contributed by atoms with Gasteiger partial charge in [-0.25, -0.2) is 4.79 Å². The molecule has 0 bridgehead atoms. The van der Waals surface area contributed by atoms with Crippen molar-refractivity contribution in [2.24, 2.45) is 0 Å². The Kier molecular flexibility index (Phi) is 5.41. The fourth-order valence-electron chi connectivity index (χ4n) is 0.738. The zero-order valence-electron chi connectivity index (χ0n) is 7.41. The summed E-state index contributed by atoms with van der Waals surface area (Å²) < 4.78 is 0. The number of hydrogen-bond acceptors (Lipinski definition) is 2. The average molecular weight is 194 g/mol. The highest BCUT2D eigenvalue weighted by molar-refractivity contribution is 5.85. The van der Waals surface area contributed by atoms with Gasteiger partial charge in [-0.3, -0.25) is 4.79 Å². The van der Waals surface area contributed by atoms with Crippen LogP contribution in [0.5, 0.6) is 0 Å². The molecular weight excluding hydrogens is 184 g/mol. The molecule has 5 nitrogen and oxygen atoms in total. The third-order valence-electron chi connectivity index (χ3n) is 1.30. The van der Waals surface area contributed by atoms with E-state index in [1.165, 1.54) is 0 Å². The molecule has 0 heterocycles. The minimum absolute atomic E-state index is 0.0112. The van der Waals surface area contributed by atoms with E-state index in [0.717, 1.165) is 0 Å². The van der Waals surface area contributed by atoms with Crippen LogP contribution in [-0.2, 0) is 4.79 Å². The van der Waals surface area contributed by atoms with Crippen molar-refractivity contribution in [1.29, 1.82) is 0 Å². The zero-order valence-corrected chi connectivity index (χ0v) is 7.41. The van der Waals surface area contributed by atoms with Gasteiger partial charge in [0.25, 0.3) is 0 Å². The molecule has 0 saturated carbocycles. The number of carbonyl (C=O) groups is 2. The van der Waals surface area contributed by atoms with Gasteiger partial charge < -0.3 is 15.7 Å². The van der Waals surface area contributed by atoms with Crippen molar-refractivity contribution in [2.45, 2.75) is 12.5 Å². The highest BCUT2D eigenvalue weighted by Crippen LogP contribution is 1.90. The van der Waals surface area contributed by atoms with Gasteiger partial charge in [0.15, 0.2) is 0 Å². The molecule has 0 aromatic rings. The summed E-state index contributed by atoms with van der Waals surface area (Å²) in [6.45, 7) is 0.0429.